The second kappa shape index (κ2) is 7.75. The van der Waals surface area contributed by atoms with Crippen molar-refractivity contribution in [2.24, 2.45) is 16.8 Å². The van der Waals surface area contributed by atoms with Crippen LogP contribution in [-0.2, 0) is 6.42 Å². The van der Waals surface area contributed by atoms with Gasteiger partial charge in [-0.15, -0.1) is 0 Å². The van der Waals surface area contributed by atoms with E-state index < -0.39 is 24.5 Å². The Morgan fingerprint density at radius 2 is 1.95 bits per heavy atom. The first kappa shape index (κ1) is 17.1. The number of oxime groups is 1. The van der Waals surface area contributed by atoms with E-state index in [1.54, 1.807) is 12.1 Å². The van der Waals surface area contributed by atoms with Gasteiger partial charge in [0.05, 0.1) is 0 Å². The first-order chi connectivity index (χ1) is 9.88. The molecule has 0 amide bonds. The summed E-state index contributed by atoms with van der Waals surface area (Å²) < 4.78 is 38.3. The first-order valence-electron chi connectivity index (χ1n) is 6.75. The van der Waals surface area contributed by atoms with Crippen LogP contribution in [0.15, 0.2) is 29.4 Å². The summed E-state index contributed by atoms with van der Waals surface area (Å²) in [6.45, 7) is 1.62. The molecule has 21 heavy (non-hydrogen) atoms. The minimum atomic E-state index is -4.57. The summed E-state index contributed by atoms with van der Waals surface area (Å²) in [7, 11) is 0. The Morgan fingerprint density at radius 1 is 1.33 bits per heavy atom. The van der Waals surface area contributed by atoms with Crippen molar-refractivity contribution >= 4 is 11.5 Å². The van der Waals surface area contributed by atoms with E-state index in [0.29, 0.717) is 5.69 Å². The quantitative estimate of drug-likeness (QED) is 0.313. The highest BCUT2D eigenvalue weighted by molar-refractivity contribution is 5.83. The van der Waals surface area contributed by atoms with Crippen molar-refractivity contribution in [3.63, 3.8) is 0 Å². The average molecular weight is 303 g/mol. The highest BCUT2D eigenvalue weighted by Gasteiger charge is 2.42. The molecule has 4 nitrogen and oxygen atoms in total. The molecule has 1 rings (SSSR count). The zero-order chi connectivity index (χ0) is 15.9. The van der Waals surface area contributed by atoms with Crippen molar-refractivity contribution in [1.82, 2.24) is 0 Å². The van der Waals surface area contributed by atoms with Crippen LogP contribution in [0.1, 0.15) is 25.3 Å². The third-order valence-electron chi connectivity index (χ3n) is 3.15. The normalized spacial score (nSPS) is 14.0. The molecule has 4 N–H and O–H groups in total. The van der Waals surface area contributed by atoms with Crippen LogP contribution in [-0.4, -0.2) is 23.8 Å². The number of unbranched alkanes of at least 4 members (excludes halogenated alkanes) is 1. The van der Waals surface area contributed by atoms with Crippen LogP contribution in [0.25, 0.3) is 0 Å². The lowest BCUT2D eigenvalue weighted by Gasteiger charge is -2.19. The van der Waals surface area contributed by atoms with Gasteiger partial charge in [-0.05, 0) is 30.5 Å². The molecule has 0 saturated carbocycles. The third kappa shape index (κ3) is 5.53. The number of hydrogen-bond donors (Lipinski definition) is 3. The van der Waals surface area contributed by atoms with Gasteiger partial charge in [0.1, 0.15) is 5.92 Å². The monoisotopic (exact) mass is 303 g/mol. The summed E-state index contributed by atoms with van der Waals surface area (Å²) in [5.74, 6) is -2.88. The fraction of sp³-hybridized carbons (Fsp3) is 0.500. The lowest BCUT2D eigenvalue weighted by atomic mass is 10.1. The molecule has 0 fully saturated rings. The van der Waals surface area contributed by atoms with Crippen molar-refractivity contribution < 1.29 is 18.4 Å². The number of anilines is 1. The van der Waals surface area contributed by atoms with Gasteiger partial charge in [0, 0.05) is 12.2 Å². The lowest BCUT2D eigenvalue weighted by Crippen LogP contribution is -2.40. The highest BCUT2D eigenvalue weighted by atomic mass is 19.4. The summed E-state index contributed by atoms with van der Waals surface area (Å²) in [5, 5.41) is 13.5. The molecule has 0 heterocycles. The number of aryl methyl sites for hydroxylation is 1. The van der Waals surface area contributed by atoms with Crippen LogP contribution in [0.5, 0.6) is 0 Å². The predicted octanol–water partition coefficient (Wildman–Crippen LogP) is 3.37. The molecule has 0 aromatic heterocycles. The SMILES string of the molecule is CCCCc1ccc(NCC(/C(N)=N/O)C(F)(F)F)cc1. The minimum absolute atomic E-state index is 0.478. The fourth-order valence-electron chi connectivity index (χ4n) is 1.85. The van der Waals surface area contributed by atoms with Crippen molar-refractivity contribution in [2.45, 2.75) is 32.4 Å². The molecule has 7 heteroatoms. The van der Waals surface area contributed by atoms with E-state index in [1.807, 2.05) is 12.1 Å². The molecule has 118 valence electrons. The molecule has 0 bridgehead atoms. The minimum Gasteiger partial charge on any atom is -0.409 e. The van der Waals surface area contributed by atoms with E-state index in [4.69, 9.17) is 10.9 Å². The van der Waals surface area contributed by atoms with Crippen LogP contribution >= 0.6 is 0 Å². The van der Waals surface area contributed by atoms with Gasteiger partial charge < -0.3 is 16.3 Å². The van der Waals surface area contributed by atoms with Gasteiger partial charge in [0.2, 0.25) is 0 Å². The zero-order valence-corrected chi connectivity index (χ0v) is 11.8. The van der Waals surface area contributed by atoms with E-state index in [0.717, 1.165) is 24.8 Å². The Bertz CT molecular complexity index is 458. The summed E-state index contributed by atoms with van der Waals surface area (Å²) in [4.78, 5) is 0. The van der Waals surface area contributed by atoms with Crippen molar-refractivity contribution in [1.29, 1.82) is 0 Å². The smallest absolute Gasteiger partial charge is 0.400 e. The van der Waals surface area contributed by atoms with Crippen molar-refractivity contribution in [2.75, 3.05) is 11.9 Å². The third-order valence-corrected chi connectivity index (χ3v) is 3.15. The van der Waals surface area contributed by atoms with E-state index in [-0.39, 0.29) is 0 Å². The van der Waals surface area contributed by atoms with Crippen molar-refractivity contribution in [3.05, 3.63) is 29.8 Å². The van der Waals surface area contributed by atoms with Gasteiger partial charge >= 0.3 is 6.18 Å². The number of hydrogen-bond acceptors (Lipinski definition) is 3. The summed E-state index contributed by atoms with van der Waals surface area (Å²) in [6, 6.07) is 7.21. The molecule has 0 spiro atoms. The summed E-state index contributed by atoms with van der Waals surface area (Å²) in [5.41, 5.74) is 6.80. The molecule has 1 aromatic rings. The second-order valence-electron chi connectivity index (χ2n) is 4.80. The molecule has 0 radical (unpaired) electrons. The number of nitrogens with zero attached hydrogens (tertiary/aromatic N) is 1. The van der Waals surface area contributed by atoms with Gasteiger partial charge in [-0.25, -0.2) is 0 Å². The fourth-order valence-corrected chi connectivity index (χ4v) is 1.85. The topological polar surface area (TPSA) is 70.6 Å². The number of halogens is 3. The van der Waals surface area contributed by atoms with Crippen LogP contribution in [0.3, 0.4) is 0 Å². The Balaban J connectivity index is 2.64. The van der Waals surface area contributed by atoms with Crippen LogP contribution in [0.4, 0.5) is 18.9 Å². The molecule has 0 aliphatic carbocycles. The number of alkyl halides is 3. The Labute approximate surface area is 121 Å². The maximum Gasteiger partial charge on any atom is 0.400 e. The van der Waals surface area contributed by atoms with E-state index in [9.17, 15) is 13.2 Å². The molecule has 0 aliphatic heterocycles. The van der Waals surface area contributed by atoms with Crippen molar-refractivity contribution in [3.8, 4) is 0 Å². The Kier molecular flexibility index (Phi) is 6.33. The van der Waals surface area contributed by atoms with E-state index in [1.165, 1.54) is 0 Å². The Hall–Kier alpha value is -1.92. The number of benzene rings is 1. The lowest BCUT2D eigenvalue weighted by molar-refractivity contribution is -0.152. The van der Waals surface area contributed by atoms with Gasteiger partial charge in [-0.1, -0.05) is 30.6 Å². The largest absolute Gasteiger partial charge is 0.409 e. The number of nitrogens with two attached hydrogens (primary N) is 1. The van der Waals surface area contributed by atoms with Crippen LogP contribution in [0, 0.1) is 5.92 Å². The standard InChI is InChI=1S/C14H20F3N3O/c1-2-3-4-10-5-7-11(8-6-10)19-9-12(13(18)20-21)14(15,16)17/h5-8,12,19,21H,2-4,9H2,1H3,(H2,18,20). The molecular weight excluding hydrogens is 283 g/mol. The number of amidine groups is 1. The summed E-state index contributed by atoms with van der Waals surface area (Å²) in [6.07, 6.45) is -1.45. The van der Waals surface area contributed by atoms with Gasteiger partial charge in [0.15, 0.2) is 5.84 Å². The van der Waals surface area contributed by atoms with Crippen LogP contribution < -0.4 is 11.1 Å². The second-order valence-corrected chi connectivity index (χ2v) is 4.80. The maximum absolute atomic E-state index is 12.8. The Morgan fingerprint density at radius 3 is 2.43 bits per heavy atom. The van der Waals surface area contributed by atoms with Gasteiger partial charge in [0.25, 0.3) is 0 Å². The first-order valence-corrected chi connectivity index (χ1v) is 6.75. The highest BCUT2D eigenvalue weighted by Crippen LogP contribution is 2.27. The van der Waals surface area contributed by atoms with Gasteiger partial charge in [-0.3, -0.25) is 0 Å². The molecule has 0 aliphatic rings. The van der Waals surface area contributed by atoms with E-state index in [2.05, 4.69) is 17.4 Å². The zero-order valence-electron chi connectivity index (χ0n) is 11.8. The van der Waals surface area contributed by atoms with Crippen LogP contribution in [0.2, 0.25) is 0 Å². The van der Waals surface area contributed by atoms with E-state index >= 15 is 0 Å². The molecule has 0 saturated heterocycles. The molecule has 1 atom stereocenters. The molecule has 1 unspecified atom stereocenters. The molecule has 1 aromatic carbocycles. The van der Waals surface area contributed by atoms with Gasteiger partial charge in [-0.2, -0.15) is 13.2 Å². The molecular formula is C14H20F3N3O. The average Bonchev–Trinajstić information content (AvgIpc) is 2.44. The predicted molar refractivity (Wildman–Crippen MR) is 76.5 cm³/mol. The number of rotatable bonds is 7. The maximum atomic E-state index is 12.8. The number of nitrogens with one attached hydrogen (secondary N) is 1. The summed E-state index contributed by atoms with van der Waals surface area (Å²) >= 11 is 0.